The lowest BCUT2D eigenvalue weighted by Crippen LogP contribution is -2.29. The van der Waals surface area contributed by atoms with Crippen LogP contribution in [0.5, 0.6) is 0 Å². The lowest BCUT2D eigenvalue weighted by molar-refractivity contribution is 0.0766. The Labute approximate surface area is 108 Å². The van der Waals surface area contributed by atoms with E-state index in [1.165, 1.54) is 4.90 Å². The van der Waals surface area contributed by atoms with E-state index in [0.717, 1.165) is 18.5 Å². The molecule has 1 heterocycles. The number of hydrogen-bond acceptors (Lipinski definition) is 3. The zero-order valence-electron chi connectivity index (χ0n) is 11.7. The third-order valence-corrected chi connectivity index (χ3v) is 3.35. The van der Waals surface area contributed by atoms with Gasteiger partial charge in [0.1, 0.15) is 0 Å². The van der Waals surface area contributed by atoms with Crippen molar-refractivity contribution in [3.8, 4) is 0 Å². The first kappa shape index (κ1) is 14.7. The van der Waals surface area contributed by atoms with Gasteiger partial charge in [0, 0.05) is 19.3 Å². The highest BCUT2D eigenvalue weighted by molar-refractivity contribution is 5.94. The molecule has 0 aliphatic carbocycles. The Kier molecular flexibility index (Phi) is 5.34. The SMILES string of the molecule is CCC(CC)n1ncc(C(=O)N(C)CCO)c1C. The molecule has 1 rings (SSSR count). The molecule has 0 saturated heterocycles. The molecule has 0 spiro atoms. The number of aromatic nitrogens is 2. The summed E-state index contributed by atoms with van der Waals surface area (Å²) < 4.78 is 1.93. The van der Waals surface area contributed by atoms with Crippen molar-refractivity contribution in [2.45, 2.75) is 39.7 Å². The Bertz CT molecular complexity index is 397. The number of aliphatic hydroxyl groups excluding tert-OH is 1. The number of hydrogen-bond donors (Lipinski definition) is 1. The van der Waals surface area contributed by atoms with Crippen LogP contribution in [-0.4, -0.2) is 45.9 Å². The van der Waals surface area contributed by atoms with Gasteiger partial charge in [-0.15, -0.1) is 0 Å². The first-order valence-corrected chi connectivity index (χ1v) is 6.47. The zero-order valence-corrected chi connectivity index (χ0v) is 11.7. The zero-order chi connectivity index (χ0) is 13.7. The summed E-state index contributed by atoms with van der Waals surface area (Å²) in [5.74, 6) is -0.0845. The van der Waals surface area contributed by atoms with Crippen molar-refractivity contribution in [3.63, 3.8) is 0 Å². The Balaban J connectivity index is 2.95. The van der Waals surface area contributed by atoms with E-state index in [2.05, 4.69) is 18.9 Å². The molecule has 1 N–H and O–H groups in total. The fourth-order valence-electron chi connectivity index (χ4n) is 2.09. The van der Waals surface area contributed by atoms with Crippen molar-refractivity contribution >= 4 is 5.91 Å². The molecule has 0 aliphatic heterocycles. The number of carbonyl (C=O) groups is 1. The molecular formula is C13H23N3O2. The average Bonchev–Trinajstić information content (AvgIpc) is 2.73. The molecule has 5 nitrogen and oxygen atoms in total. The number of carbonyl (C=O) groups excluding carboxylic acids is 1. The van der Waals surface area contributed by atoms with Crippen molar-refractivity contribution in [1.29, 1.82) is 0 Å². The fourth-order valence-corrected chi connectivity index (χ4v) is 2.09. The minimum atomic E-state index is -0.0845. The van der Waals surface area contributed by atoms with Gasteiger partial charge in [0.15, 0.2) is 0 Å². The summed E-state index contributed by atoms with van der Waals surface area (Å²) in [6.07, 6.45) is 3.63. The highest BCUT2D eigenvalue weighted by Crippen LogP contribution is 2.19. The van der Waals surface area contributed by atoms with Gasteiger partial charge in [-0.1, -0.05) is 13.8 Å². The standard InChI is InChI=1S/C13H23N3O2/c1-5-11(6-2)16-10(3)12(9-14-16)13(18)15(4)7-8-17/h9,11,17H,5-8H2,1-4H3. The van der Waals surface area contributed by atoms with Crippen LogP contribution in [-0.2, 0) is 0 Å². The van der Waals surface area contributed by atoms with Crippen LogP contribution in [0.4, 0.5) is 0 Å². The molecule has 1 amide bonds. The maximum Gasteiger partial charge on any atom is 0.257 e. The van der Waals surface area contributed by atoms with E-state index in [0.29, 0.717) is 18.2 Å². The molecule has 0 saturated carbocycles. The molecule has 0 bridgehead atoms. The van der Waals surface area contributed by atoms with Crippen LogP contribution >= 0.6 is 0 Å². The maximum absolute atomic E-state index is 12.1. The molecule has 5 heteroatoms. The van der Waals surface area contributed by atoms with Crippen molar-refractivity contribution in [2.24, 2.45) is 0 Å². The molecule has 0 unspecified atom stereocenters. The van der Waals surface area contributed by atoms with Crippen molar-refractivity contribution < 1.29 is 9.90 Å². The van der Waals surface area contributed by atoms with E-state index in [-0.39, 0.29) is 12.5 Å². The summed E-state index contributed by atoms with van der Waals surface area (Å²) in [5.41, 5.74) is 1.52. The van der Waals surface area contributed by atoms with Crippen LogP contribution < -0.4 is 0 Å². The summed E-state index contributed by atoms with van der Waals surface area (Å²) in [6, 6.07) is 0.342. The maximum atomic E-state index is 12.1. The second-order valence-corrected chi connectivity index (χ2v) is 4.51. The largest absolute Gasteiger partial charge is 0.395 e. The van der Waals surface area contributed by atoms with E-state index in [9.17, 15) is 4.79 Å². The Morgan fingerprint density at radius 3 is 2.61 bits per heavy atom. The molecule has 0 aliphatic rings. The molecule has 0 atom stereocenters. The predicted octanol–water partition coefficient (Wildman–Crippen LogP) is 1.62. The molecule has 1 aromatic heterocycles. The van der Waals surface area contributed by atoms with E-state index < -0.39 is 0 Å². The number of amides is 1. The molecule has 1 aromatic rings. The number of nitrogens with zero attached hydrogens (tertiary/aromatic N) is 3. The van der Waals surface area contributed by atoms with E-state index in [1.807, 2.05) is 11.6 Å². The minimum absolute atomic E-state index is 0.0258. The van der Waals surface area contributed by atoms with Crippen LogP contribution in [0.2, 0.25) is 0 Å². The van der Waals surface area contributed by atoms with Crippen LogP contribution in [0.15, 0.2) is 6.20 Å². The lowest BCUT2D eigenvalue weighted by Gasteiger charge is -2.17. The van der Waals surface area contributed by atoms with Gasteiger partial charge >= 0.3 is 0 Å². The van der Waals surface area contributed by atoms with Gasteiger partial charge in [-0.3, -0.25) is 9.48 Å². The normalized spacial score (nSPS) is 11.0. The van der Waals surface area contributed by atoms with Gasteiger partial charge in [-0.2, -0.15) is 5.10 Å². The summed E-state index contributed by atoms with van der Waals surface area (Å²) >= 11 is 0. The van der Waals surface area contributed by atoms with Crippen molar-refractivity contribution in [2.75, 3.05) is 20.2 Å². The predicted molar refractivity (Wildman–Crippen MR) is 70.6 cm³/mol. The summed E-state index contributed by atoms with van der Waals surface area (Å²) in [4.78, 5) is 13.6. The highest BCUT2D eigenvalue weighted by Gasteiger charge is 2.20. The monoisotopic (exact) mass is 253 g/mol. The van der Waals surface area contributed by atoms with E-state index >= 15 is 0 Å². The second kappa shape index (κ2) is 6.54. The van der Waals surface area contributed by atoms with Crippen LogP contribution in [0.1, 0.15) is 48.8 Å². The van der Waals surface area contributed by atoms with Gasteiger partial charge in [0.05, 0.1) is 24.4 Å². The lowest BCUT2D eigenvalue weighted by atomic mass is 10.1. The van der Waals surface area contributed by atoms with Gasteiger partial charge < -0.3 is 10.0 Å². The average molecular weight is 253 g/mol. The van der Waals surface area contributed by atoms with Gasteiger partial charge in [-0.25, -0.2) is 0 Å². The fraction of sp³-hybridized carbons (Fsp3) is 0.692. The van der Waals surface area contributed by atoms with Gasteiger partial charge in [-0.05, 0) is 19.8 Å². The smallest absolute Gasteiger partial charge is 0.257 e. The topological polar surface area (TPSA) is 58.4 Å². The number of likely N-dealkylation sites (N-methyl/N-ethyl adjacent to an activating group) is 1. The third-order valence-electron chi connectivity index (χ3n) is 3.35. The Morgan fingerprint density at radius 2 is 2.11 bits per heavy atom. The van der Waals surface area contributed by atoms with Crippen LogP contribution in [0.25, 0.3) is 0 Å². The Hall–Kier alpha value is -1.36. The summed E-state index contributed by atoms with van der Waals surface area (Å²) in [6.45, 7) is 6.48. The van der Waals surface area contributed by atoms with Crippen molar-refractivity contribution in [3.05, 3.63) is 17.5 Å². The quantitative estimate of drug-likeness (QED) is 0.838. The molecule has 0 radical (unpaired) electrons. The molecular weight excluding hydrogens is 230 g/mol. The highest BCUT2D eigenvalue weighted by atomic mass is 16.3. The minimum Gasteiger partial charge on any atom is -0.395 e. The third kappa shape index (κ3) is 2.90. The van der Waals surface area contributed by atoms with Gasteiger partial charge in [0.2, 0.25) is 0 Å². The number of aliphatic hydroxyl groups is 1. The van der Waals surface area contributed by atoms with Gasteiger partial charge in [0.25, 0.3) is 5.91 Å². The van der Waals surface area contributed by atoms with Crippen LogP contribution in [0.3, 0.4) is 0 Å². The second-order valence-electron chi connectivity index (χ2n) is 4.51. The number of rotatable bonds is 6. The molecule has 0 aromatic carbocycles. The summed E-state index contributed by atoms with van der Waals surface area (Å²) in [7, 11) is 1.69. The Morgan fingerprint density at radius 1 is 1.50 bits per heavy atom. The molecule has 18 heavy (non-hydrogen) atoms. The van der Waals surface area contributed by atoms with Crippen LogP contribution in [0, 0.1) is 6.92 Å². The molecule has 102 valence electrons. The first-order valence-electron chi connectivity index (χ1n) is 6.47. The van der Waals surface area contributed by atoms with E-state index in [4.69, 9.17) is 5.11 Å². The summed E-state index contributed by atoms with van der Waals surface area (Å²) in [5, 5.41) is 13.2. The van der Waals surface area contributed by atoms with Crippen molar-refractivity contribution in [1.82, 2.24) is 14.7 Å². The first-order chi connectivity index (χ1) is 8.56. The van der Waals surface area contributed by atoms with E-state index in [1.54, 1.807) is 13.2 Å². The molecule has 0 fully saturated rings.